The summed E-state index contributed by atoms with van der Waals surface area (Å²) in [5, 5.41) is 1.60. The predicted molar refractivity (Wildman–Crippen MR) is 61.6 cm³/mol. The van der Waals surface area contributed by atoms with E-state index in [1.165, 1.54) is 6.07 Å². The van der Waals surface area contributed by atoms with Crippen molar-refractivity contribution in [3.05, 3.63) is 29.8 Å². The molecular weight excluding hydrogens is 397 g/mol. The van der Waals surface area contributed by atoms with Gasteiger partial charge in [-0.2, -0.15) is 53.2 Å². The van der Waals surface area contributed by atoms with E-state index in [0.29, 0.717) is 6.07 Å². The van der Waals surface area contributed by atoms with Crippen LogP contribution in [0.1, 0.15) is 5.56 Å². The molecule has 0 aliphatic heterocycles. The van der Waals surface area contributed by atoms with Crippen molar-refractivity contribution in [2.75, 3.05) is 0 Å². The van der Waals surface area contributed by atoms with Crippen LogP contribution in [0.3, 0.4) is 0 Å². The number of para-hydroxylation sites is 1. The van der Waals surface area contributed by atoms with E-state index in [-0.39, 0.29) is 0 Å². The molecule has 0 aromatic heterocycles. The first-order valence-electron chi connectivity index (χ1n) is 5.66. The van der Waals surface area contributed by atoms with Crippen LogP contribution in [-0.2, 0) is 10.1 Å². The highest BCUT2D eigenvalue weighted by Gasteiger charge is 2.86. The van der Waals surface area contributed by atoms with Gasteiger partial charge in [0.1, 0.15) is 6.07 Å². The monoisotopic (exact) mass is 401 g/mol. The molecule has 140 valence electrons. The largest absolute Gasteiger partial charge is 0.460 e. The summed E-state index contributed by atoms with van der Waals surface area (Å²) >= 11 is 0. The molecule has 25 heavy (non-hydrogen) atoms. The second-order valence-corrected chi connectivity index (χ2v) is 5.90. The lowest BCUT2D eigenvalue weighted by Gasteiger charge is -2.32. The second-order valence-electron chi connectivity index (χ2n) is 4.31. The van der Waals surface area contributed by atoms with Crippen LogP contribution in [0, 0.1) is 11.3 Å². The van der Waals surface area contributed by atoms with Gasteiger partial charge in [0.05, 0.1) is 5.56 Å². The zero-order chi connectivity index (χ0) is 19.9. The van der Waals surface area contributed by atoms with Crippen LogP contribution in [0.2, 0.25) is 0 Å². The van der Waals surface area contributed by atoms with Gasteiger partial charge in [-0.1, -0.05) is 12.1 Å². The molecule has 1 aromatic rings. The molecule has 0 saturated carbocycles. The average molecular weight is 401 g/mol. The first-order valence-corrected chi connectivity index (χ1v) is 7.07. The van der Waals surface area contributed by atoms with Gasteiger partial charge in [-0.15, -0.1) is 0 Å². The van der Waals surface area contributed by atoms with Crippen molar-refractivity contribution in [1.29, 1.82) is 5.26 Å². The molecule has 1 aromatic carbocycles. The smallest absolute Gasteiger partial charge is 0.377 e. The molecule has 0 bridgehead atoms. The van der Waals surface area contributed by atoms with Crippen molar-refractivity contribution in [3.8, 4) is 11.8 Å². The molecule has 0 spiro atoms. The number of hydrogen-bond donors (Lipinski definition) is 0. The fraction of sp³-hybridized carbons (Fsp3) is 0.364. The summed E-state index contributed by atoms with van der Waals surface area (Å²) in [5.74, 6) is -16.1. The van der Waals surface area contributed by atoms with Crippen LogP contribution in [0.25, 0.3) is 0 Å². The zero-order valence-electron chi connectivity index (χ0n) is 11.3. The van der Waals surface area contributed by atoms with E-state index in [4.69, 9.17) is 5.26 Å². The third kappa shape index (κ3) is 3.20. The van der Waals surface area contributed by atoms with E-state index in [2.05, 4.69) is 4.18 Å². The molecule has 0 N–H and O–H groups in total. The van der Waals surface area contributed by atoms with E-state index < -0.39 is 44.7 Å². The molecule has 0 unspecified atom stereocenters. The molecule has 14 heteroatoms. The Morgan fingerprint density at radius 1 is 0.880 bits per heavy atom. The van der Waals surface area contributed by atoms with Gasteiger partial charge < -0.3 is 4.18 Å². The third-order valence-corrected chi connectivity index (χ3v) is 3.92. The molecule has 0 aliphatic rings. The van der Waals surface area contributed by atoms with Gasteiger partial charge in [-0.05, 0) is 12.1 Å². The van der Waals surface area contributed by atoms with Crippen molar-refractivity contribution in [1.82, 2.24) is 0 Å². The maximum atomic E-state index is 13.4. The van der Waals surface area contributed by atoms with Crippen LogP contribution in [0.4, 0.5) is 39.5 Å². The Hall–Kier alpha value is -2.17. The summed E-state index contributed by atoms with van der Waals surface area (Å²) in [7, 11) is -7.06. The topological polar surface area (TPSA) is 67.2 Å². The van der Waals surface area contributed by atoms with Crippen molar-refractivity contribution in [2.45, 2.75) is 23.3 Å². The highest BCUT2D eigenvalue weighted by atomic mass is 32.2. The molecule has 0 saturated heterocycles. The minimum absolute atomic E-state index is 0.520. The predicted octanol–water partition coefficient (Wildman–Crippen LogP) is 3.69. The molecule has 0 amide bonds. The molecule has 0 fully saturated rings. The van der Waals surface area contributed by atoms with Crippen molar-refractivity contribution < 1.29 is 52.1 Å². The summed E-state index contributed by atoms with van der Waals surface area (Å²) in [6, 6.07) is 4.48. The van der Waals surface area contributed by atoms with Gasteiger partial charge in [0.25, 0.3) is 0 Å². The van der Waals surface area contributed by atoms with E-state index in [1.807, 2.05) is 0 Å². The van der Waals surface area contributed by atoms with Crippen LogP contribution in [0.15, 0.2) is 24.3 Å². The summed E-state index contributed by atoms with van der Waals surface area (Å²) in [6.45, 7) is 0. The Balaban J connectivity index is 3.43. The van der Waals surface area contributed by atoms with Crippen LogP contribution < -0.4 is 4.18 Å². The third-order valence-electron chi connectivity index (χ3n) is 2.64. The first kappa shape index (κ1) is 20.9. The maximum absolute atomic E-state index is 13.4. The van der Waals surface area contributed by atoms with Gasteiger partial charge >= 0.3 is 33.4 Å². The lowest BCUT2D eigenvalue weighted by atomic mass is 10.1. The number of benzene rings is 1. The van der Waals surface area contributed by atoms with Gasteiger partial charge in [-0.25, -0.2) is 0 Å². The Kier molecular flexibility index (Phi) is 4.99. The fourth-order valence-corrected chi connectivity index (χ4v) is 2.25. The van der Waals surface area contributed by atoms with Crippen LogP contribution in [-0.4, -0.2) is 31.7 Å². The minimum Gasteiger partial charge on any atom is -0.377 e. The van der Waals surface area contributed by atoms with E-state index in [9.17, 15) is 47.9 Å². The van der Waals surface area contributed by atoms with Crippen molar-refractivity contribution >= 4 is 10.1 Å². The molecule has 0 atom stereocenters. The fourth-order valence-electron chi connectivity index (χ4n) is 1.32. The first-order chi connectivity index (χ1) is 11.0. The van der Waals surface area contributed by atoms with Gasteiger partial charge in [-0.3, -0.25) is 0 Å². The maximum Gasteiger partial charge on any atom is 0.460 e. The normalized spacial score (nSPS) is 14.1. The summed E-state index contributed by atoms with van der Waals surface area (Å²) in [4.78, 5) is 0. The number of hydrogen-bond acceptors (Lipinski definition) is 4. The molecule has 0 heterocycles. The average Bonchev–Trinajstić information content (AvgIpc) is 2.45. The number of nitriles is 1. The Labute approximate surface area is 133 Å². The Morgan fingerprint density at radius 2 is 1.36 bits per heavy atom. The van der Waals surface area contributed by atoms with Crippen LogP contribution >= 0.6 is 0 Å². The van der Waals surface area contributed by atoms with Crippen LogP contribution in [0.5, 0.6) is 5.75 Å². The van der Waals surface area contributed by atoms with Gasteiger partial charge in [0.15, 0.2) is 5.75 Å². The standard InChI is InChI=1S/C11H4F9NO3S/c12-8(13,10(16,17)18)9(14,15)11(19,20)25(22,23)24-7-4-2-1-3-6(7)5-21/h1-4H. The second kappa shape index (κ2) is 5.97. The molecule has 0 radical (unpaired) electrons. The quantitative estimate of drug-likeness (QED) is 0.558. The summed E-state index contributed by atoms with van der Waals surface area (Å²) in [5.41, 5.74) is -0.784. The Morgan fingerprint density at radius 3 is 1.80 bits per heavy atom. The molecular formula is C11H4F9NO3S. The molecule has 1 rings (SSSR count). The van der Waals surface area contributed by atoms with E-state index in [0.717, 1.165) is 18.2 Å². The minimum atomic E-state index is -7.40. The molecule has 0 aliphatic carbocycles. The van der Waals surface area contributed by atoms with E-state index >= 15 is 0 Å². The number of nitrogens with zero attached hydrogens (tertiary/aromatic N) is 1. The Bertz CT molecular complexity index is 796. The highest BCUT2D eigenvalue weighted by molar-refractivity contribution is 7.88. The van der Waals surface area contributed by atoms with Gasteiger partial charge in [0.2, 0.25) is 0 Å². The lowest BCUT2D eigenvalue weighted by Crippen LogP contribution is -2.63. The summed E-state index contributed by atoms with van der Waals surface area (Å²) < 4.78 is 140. The zero-order valence-corrected chi connectivity index (χ0v) is 12.1. The number of rotatable bonds is 5. The van der Waals surface area contributed by atoms with Gasteiger partial charge in [0, 0.05) is 0 Å². The summed E-state index contributed by atoms with van der Waals surface area (Å²) in [6.07, 6.45) is -7.18. The highest BCUT2D eigenvalue weighted by Crippen LogP contribution is 2.55. The SMILES string of the molecule is N#Cc1ccccc1OS(=O)(=O)C(F)(F)C(F)(F)C(F)(F)C(F)(F)F. The molecule has 4 nitrogen and oxygen atoms in total. The van der Waals surface area contributed by atoms with Crippen molar-refractivity contribution in [3.63, 3.8) is 0 Å². The van der Waals surface area contributed by atoms with E-state index in [1.54, 1.807) is 0 Å². The number of halogens is 9. The number of alkyl halides is 9. The van der Waals surface area contributed by atoms with Crippen molar-refractivity contribution in [2.24, 2.45) is 0 Å². The lowest BCUT2D eigenvalue weighted by molar-refractivity contribution is -0.382.